The predicted molar refractivity (Wildman–Crippen MR) is 43.0 cm³/mol. The van der Waals surface area contributed by atoms with Gasteiger partial charge in [-0.05, 0) is 25.3 Å². The van der Waals surface area contributed by atoms with Crippen LogP contribution in [-0.2, 0) is 0 Å². The summed E-state index contributed by atoms with van der Waals surface area (Å²) in [5, 5.41) is 3.61. The molecule has 2 aliphatic rings. The minimum Gasteiger partial charge on any atom is -0.311 e. The Morgan fingerprint density at radius 3 is 2.20 bits per heavy atom. The van der Waals surface area contributed by atoms with Crippen LogP contribution in [-0.4, -0.2) is 12.1 Å². The lowest BCUT2D eigenvalue weighted by Gasteiger charge is -2.52. The van der Waals surface area contributed by atoms with E-state index in [1.807, 2.05) is 0 Å². The fourth-order valence-electron chi connectivity index (χ4n) is 2.45. The Morgan fingerprint density at radius 1 is 1.20 bits per heavy atom. The summed E-state index contributed by atoms with van der Waals surface area (Å²) < 4.78 is 0. The maximum Gasteiger partial charge on any atom is 0.0219 e. The van der Waals surface area contributed by atoms with Crippen LogP contribution in [0.15, 0.2) is 0 Å². The van der Waals surface area contributed by atoms with E-state index in [4.69, 9.17) is 0 Å². The molecule has 1 aliphatic heterocycles. The summed E-state index contributed by atoms with van der Waals surface area (Å²) in [5.74, 6) is 0.952. The monoisotopic (exact) mass is 139 g/mol. The third-order valence-corrected chi connectivity index (χ3v) is 3.45. The zero-order valence-corrected chi connectivity index (χ0v) is 6.82. The van der Waals surface area contributed by atoms with E-state index in [1.165, 1.54) is 38.6 Å². The number of nitrogens with one attached hydrogen (secondary N) is 1. The van der Waals surface area contributed by atoms with E-state index < -0.39 is 0 Å². The molecule has 1 saturated carbocycles. The van der Waals surface area contributed by atoms with Crippen LogP contribution < -0.4 is 5.32 Å². The Morgan fingerprint density at radius 2 is 1.90 bits per heavy atom. The van der Waals surface area contributed by atoms with Gasteiger partial charge in [-0.15, -0.1) is 0 Å². The maximum absolute atomic E-state index is 3.61. The summed E-state index contributed by atoms with van der Waals surface area (Å²) in [6.07, 6.45) is 7.26. The molecule has 1 nitrogen and oxygen atoms in total. The Bertz CT molecular complexity index is 125. The second-order valence-electron chi connectivity index (χ2n) is 4.00. The summed E-state index contributed by atoms with van der Waals surface area (Å²) >= 11 is 0. The molecule has 1 aliphatic carbocycles. The first-order chi connectivity index (χ1) is 4.83. The standard InChI is InChI=1S/C9H17N/c1-8-7-10-9(8)5-3-2-4-6-9/h8,10H,2-7H2,1H3. The molecule has 0 aromatic heterocycles. The van der Waals surface area contributed by atoms with Crippen molar-refractivity contribution in [2.75, 3.05) is 6.54 Å². The molecule has 2 rings (SSSR count). The van der Waals surface area contributed by atoms with Crippen molar-refractivity contribution in [2.24, 2.45) is 5.92 Å². The van der Waals surface area contributed by atoms with Crippen LogP contribution in [0.25, 0.3) is 0 Å². The second-order valence-corrected chi connectivity index (χ2v) is 4.00. The average Bonchev–Trinajstić information content (AvgIpc) is 2.04. The Labute approximate surface area is 63.2 Å². The molecule has 1 unspecified atom stereocenters. The van der Waals surface area contributed by atoms with E-state index >= 15 is 0 Å². The first kappa shape index (κ1) is 6.66. The van der Waals surface area contributed by atoms with Gasteiger partial charge in [0.1, 0.15) is 0 Å². The van der Waals surface area contributed by atoms with Gasteiger partial charge in [0.15, 0.2) is 0 Å². The molecular formula is C9H17N. The van der Waals surface area contributed by atoms with E-state index in [2.05, 4.69) is 12.2 Å². The van der Waals surface area contributed by atoms with Crippen LogP contribution in [0.5, 0.6) is 0 Å². The first-order valence-electron chi connectivity index (χ1n) is 4.58. The van der Waals surface area contributed by atoms with E-state index in [-0.39, 0.29) is 0 Å². The first-order valence-corrected chi connectivity index (χ1v) is 4.58. The smallest absolute Gasteiger partial charge is 0.0219 e. The molecule has 1 saturated heterocycles. The van der Waals surface area contributed by atoms with E-state index in [1.54, 1.807) is 0 Å². The molecule has 2 fully saturated rings. The third kappa shape index (κ3) is 0.800. The van der Waals surface area contributed by atoms with Crippen molar-refractivity contribution < 1.29 is 0 Å². The second kappa shape index (κ2) is 2.23. The highest BCUT2D eigenvalue weighted by Crippen LogP contribution is 2.39. The summed E-state index contributed by atoms with van der Waals surface area (Å²) in [5.41, 5.74) is 0.609. The third-order valence-electron chi connectivity index (χ3n) is 3.45. The molecule has 0 aromatic carbocycles. The van der Waals surface area contributed by atoms with Gasteiger partial charge in [-0.3, -0.25) is 0 Å². The van der Waals surface area contributed by atoms with Gasteiger partial charge >= 0.3 is 0 Å². The molecule has 1 atom stereocenters. The fraction of sp³-hybridized carbons (Fsp3) is 1.00. The lowest BCUT2D eigenvalue weighted by atomic mass is 9.68. The highest BCUT2D eigenvalue weighted by Gasteiger charge is 2.43. The van der Waals surface area contributed by atoms with Crippen LogP contribution in [0.4, 0.5) is 0 Å². The summed E-state index contributed by atoms with van der Waals surface area (Å²) in [6, 6.07) is 0. The van der Waals surface area contributed by atoms with Crippen molar-refractivity contribution in [2.45, 2.75) is 44.6 Å². The minimum absolute atomic E-state index is 0.609. The molecule has 0 amide bonds. The largest absolute Gasteiger partial charge is 0.311 e. The molecule has 0 radical (unpaired) electrons. The number of hydrogen-bond acceptors (Lipinski definition) is 1. The van der Waals surface area contributed by atoms with Gasteiger partial charge in [-0.2, -0.15) is 0 Å². The average molecular weight is 139 g/mol. The molecule has 1 heteroatoms. The van der Waals surface area contributed by atoms with E-state index in [0.29, 0.717) is 5.54 Å². The normalized spacial score (nSPS) is 37.5. The van der Waals surface area contributed by atoms with Gasteiger partial charge in [-0.25, -0.2) is 0 Å². The number of hydrogen-bond donors (Lipinski definition) is 1. The Balaban J connectivity index is 1.99. The van der Waals surface area contributed by atoms with Crippen LogP contribution in [0.2, 0.25) is 0 Å². The maximum atomic E-state index is 3.61. The predicted octanol–water partition coefficient (Wildman–Crippen LogP) is 1.93. The summed E-state index contributed by atoms with van der Waals surface area (Å²) in [7, 11) is 0. The highest BCUT2D eigenvalue weighted by molar-refractivity contribution is 5.02. The van der Waals surface area contributed by atoms with E-state index in [9.17, 15) is 0 Å². The molecule has 0 bridgehead atoms. The molecule has 1 N–H and O–H groups in total. The van der Waals surface area contributed by atoms with Crippen molar-refractivity contribution in [1.29, 1.82) is 0 Å². The SMILES string of the molecule is CC1CNC12CCCCC2. The molecule has 0 aromatic rings. The van der Waals surface area contributed by atoms with Gasteiger partial charge < -0.3 is 5.32 Å². The highest BCUT2D eigenvalue weighted by atomic mass is 15.1. The van der Waals surface area contributed by atoms with Crippen molar-refractivity contribution in [3.8, 4) is 0 Å². The number of rotatable bonds is 0. The van der Waals surface area contributed by atoms with Crippen molar-refractivity contribution >= 4 is 0 Å². The van der Waals surface area contributed by atoms with Crippen LogP contribution in [0, 0.1) is 5.92 Å². The van der Waals surface area contributed by atoms with Crippen molar-refractivity contribution in [1.82, 2.24) is 5.32 Å². The van der Waals surface area contributed by atoms with Crippen LogP contribution in [0.3, 0.4) is 0 Å². The lowest BCUT2D eigenvalue weighted by molar-refractivity contribution is 0.0698. The lowest BCUT2D eigenvalue weighted by Crippen LogP contribution is -2.64. The molecular weight excluding hydrogens is 122 g/mol. The fourth-order valence-corrected chi connectivity index (χ4v) is 2.45. The molecule has 58 valence electrons. The van der Waals surface area contributed by atoms with Crippen molar-refractivity contribution in [3.63, 3.8) is 0 Å². The van der Waals surface area contributed by atoms with E-state index in [0.717, 1.165) is 5.92 Å². The van der Waals surface area contributed by atoms with Gasteiger partial charge in [0, 0.05) is 5.54 Å². The molecule has 1 spiro atoms. The van der Waals surface area contributed by atoms with Crippen molar-refractivity contribution in [3.05, 3.63) is 0 Å². The van der Waals surface area contributed by atoms with Gasteiger partial charge in [0.2, 0.25) is 0 Å². The van der Waals surface area contributed by atoms with Crippen LogP contribution >= 0.6 is 0 Å². The Kier molecular flexibility index (Phi) is 1.48. The van der Waals surface area contributed by atoms with Crippen LogP contribution in [0.1, 0.15) is 39.0 Å². The molecule has 1 heterocycles. The summed E-state index contributed by atoms with van der Waals surface area (Å²) in [6.45, 7) is 3.65. The minimum atomic E-state index is 0.609. The summed E-state index contributed by atoms with van der Waals surface area (Å²) in [4.78, 5) is 0. The van der Waals surface area contributed by atoms with Gasteiger partial charge in [0.05, 0.1) is 0 Å². The quantitative estimate of drug-likeness (QED) is 0.540. The van der Waals surface area contributed by atoms with Gasteiger partial charge in [0.25, 0.3) is 0 Å². The zero-order chi connectivity index (χ0) is 7.03. The topological polar surface area (TPSA) is 12.0 Å². The Hall–Kier alpha value is -0.0400. The molecule has 10 heavy (non-hydrogen) atoms. The zero-order valence-electron chi connectivity index (χ0n) is 6.82. The van der Waals surface area contributed by atoms with Gasteiger partial charge in [-0.1, -0.05) is 26.2 Å².